The number of carbonyl (C=O) groups is 2. The van der Waals surface area contributed by atoms with Gasteiger partial charge in [0.05, 0.1) is 25.3 Å². The van der Waals surface area contributed by atoms with Crippen molar-refractivity contribution in [3.63, 3.8) is 0 Å². The lowest BCUT2D eigenvalue weighted by Gasteiger charge is -2.17. The first-order chi connectivity index (χ1) is 13.8. The van der Waals surface area contributed by atoms with Crippen LogP contribution < -0.4 is 0 Å². The number of methoxy groups -OCH3 is 1. The largest absolute Gasteiger partial charge is 0.464 e. The van der Waals surface area contributed by atoms with Crippen molar-refractivity contribution >= 4 is 22.7 Å². The molecule has 2 heterocycles. The molecule has 3 aromatic rings. The smallest absolute Gasteiger partial charge is 0.310 e. The van der Waals surface area contributed by atoms with Crippen molar-refractivity contribution in [1.29, 1.82) is 0 Å². The summed E-state index contributed by atoms with van der Waals surface area (Å²) in [5.41, 5.74) is 4.98. The monoisotopic (exact) mass is 397 g/mol. The summed E-state index contributed by atoms with van der Waals surface area (Å²) in [6.07, 6.45) is 1.63. The van der Waals surface area contributed by atoms with E-state index < -0.39 is 5.97 Å². The summed E-state index contributed by atoms with van der Waals surface area (Å²) in [6.45, 7) is 8.14. The zero-order valence-electron chi connectivity index (χ0n) is 17.6. The Morgan fingerprint density at radius 3 is 2.66 bits per heavy atom. The fraction of sp³-hybridized carbons (Fsp3) is 0.391. The fourth-order valence-electron chi connectivity index (χ4n) is 3.81. The molecule has 0 N–H and O–H groups in total. The molecule has 0 aliphatic rings. The predicted molar refractivity (Wildman–Crippen MR) is 110 cm³/mol. The van der Waals surface area contributed by atoms with Gasteiger partial charge in [-0.05, 0) is 45.4 Å². The third kappa shape index (κ3) is 4.43. The van der Waals surface area contributed by atoms with Crippen LogP contribution in [0.3, 0.4) is 0 Å². The van der Waals surface area contributed by atoms with Crippen LogP contribution >= 0.6 is 0 Å². The van der Waals surface area contributed by atoms with Crippen LogP contribution in [0.1, 0.15) is 45.8 Å². The van der Waals surface area contributed by atoms with Crippen molar-refractivity contribution in [3.05, 3.63) is 58.6 Å². The SMILES string of the molecule is COC[C@H](C)n1c(C)cc(C(=O)COC(=O)Cc2coc3cc(C)ccc23)c1C. The van der Waals surface area contributed by atoms with Crippen LogP contribution in [-0.2, 0) is 20.7 Å². The minimum Gasteiger partial charge on any atom is -0.464 e. The predicted octanol–water partition coefficient (Wildman–Crippen LogP) is 4.34. The van der Waals surface area contributed by atoms with Crippen molar-refractivity contribution in [2.24, 2.45) is 0 Å². The van der Waals surface area contributed by atoms with Crippen molar-refractivity contribution in [1.82, 2.24) is 4.57 Å². The molecule has 0 aliphatic carbocycles. The van der Waals surface area contributed by atoms with E-state index in [1.54, 1.807) is 13.4 Å². The third-order valence-corrected chi connectivity index (χ3v) is 5.14. The molecule has 0 bridgehead atoms. The number of ketones is 1. The summed E-state index contributed by atoms with van der Waals surface area (Å²) in [5, 5.41) is 0.884. The van der Waals surface area contributed by atoms with Crippen molar-refractivity contribution in [2.75, 3.05) is 20.3 Å². The Hall–Kier alpha value is -2.86. The Kier molecular flexibility index (Phi) is 6.23. The Morgan fingerprint density at radius 2 is 1.93 bits per heavy atom. The molecular formula is C23H27NO5. The number of hydrogen-bond acceptors (Lipinski definition) is 5. The number of esters is 1. The summed E-state index contributed by atoms with van der Waals surface area (Å²) >= 11 is 0. The third-order valence-electron chi connectivity index (χ3n) is 5.14. The molecule has 0 fully saturated rings. The van der Waals surface area contributed by atoms with E-state index in [9.17, 15) is 9.59 Å². The molecule has 3 rings (SSSR count). The van der Waals surface area contributed by atoms with E-state index in [1.165, 1.54) is 0 Å². The molecule has 6 nitrogen and oxygen atoms in total. The van der Waals surface area contributed by atoms with E-state index in [1.807, 2.05) is 52.0 Å². The highest BCUT2D eigenvalue weighted by Crippen LogP contribution is 2.24. The highest BCUT2D eigenvalue weighted by atomic mass is 16.5. The van der Waals surface area contributed by atoms with Gasteiger partial charge >= 0.3 is 5.97 Å². The van der Waals surface area contributed by atoms with Gasteiger partial charge in [0, 0.05) is 35.0 Å². The summed E-state index contributed by atoms with van der Waals surface area (Å²) in [5.74, 6) is -0.668. The summed E-state index contributed by atoms with van der Waals surface area (Å²) in [4.78, 5) is 24.9. The topological polar surface area (TPSA) is 70.7 Å². The second-order valence-corrected chi connectivity index (χ2v) is 7.48. The first-order valence-corrected chi connectivity index (χ1v) is 9.64. The summed E-state index contributed by atoms with van der Waals surface area (Å²) < 4.78 is 18.1. The highest BCUT2D eigenvalue weighted by Gasteiger charge is 2.20. The number of aromatic nitrogens is 1. The van der Waals surface area contributed by atoms with Gasteiger partial charge in [-0.2, -0.15) is 0 Å². The number of benzene rings is 1. The van der Waals surface area contributed by atoms with Gasteiger partial charge in [0.15, 0.2) is 6.61 Å². The average Bonchev–Trinajstić information content (AvgIpc) is 3.19. The van der Waals surface area contributed by atoms with E-state index in [0.717, 1.165) is 33.5 Å². The number of aryl methyl sites for hydroxylation is 2. The van der Waals surface area contributed by atoms with Crippen LogP contribution in [0.4, 0.5) is 0 Å². The van der Waals surface area contributed by atoms with Crippen molar-refractivity contribution in [3.8, 4) is 0 Å². The van der Waals surface area contributed by atoms with Crippen LogP contribution in [0.15, 0.2) is 34.9 Å². The molecule has 0 saturated heterocycles. The molecular weight excluding hydrogens is 370 g/mol. The van der Waals surface area contributed by atoms with Gasteiger partial charge in [-0.15, -0.1) is 0 Å². The van der Waals surface area contributed by atoms with E-state index in [4.69, 9.17) is 13.9 Å². The minimum atomic E-state index is -0.455. The van der Waals surface area contributed by atoms with Gasteiger partial charge < -0.3 is 18.5 Å². The van der Waals surface area contributed by atoms with Gasteiger partial charge in [-0.25, -0.2) is 0 Å². The molecule has 0 unspecified atom stereocenters. The summed E-state index contributed by atoms with van der Waals surface area (Å²) in [6, 6.07) is 7.77. The lowest BCUT2D eigenvalue weighted by atomic mass is 10.1. The van der Waals surface area contributed by atoms with Gasteiger partial charge in [-0.1, -0.05) is 12.1 Å². The number of hydrogen-bond donors (Lipinski definition) is 0. The average molecular weight is 397 g/mol. The maximum absolute atomic E-state index is 12.6. The van der Waals surface area contributed by atoms with Gasteiger partial charge in [0.25, 0.3) is 0 Å². The maximum Gasteiger partial charge on any atom is 0.310 e. The zero-order chi connectivity index (χ0) is 21.1. The number of Topliss-reactive ketones (excluding diaryl/α,β-unsaturated/α-hetero) is 1. The van der Waals surface area contributed by atoms with Gasteiger partial charge in [-0.3, -0.25) is 9.59 Å². The van der Waals surface area contributed by atoms with Crippen molar-refractivity contribution < 1.29 is 23.5 Å². The van der Waals surface area contributed by atoms with E-state index in [0.29, 0.717) is 12.2 Å². The number of furan rings is 1. The molecule has 0 aliphatic heterocycles. The molecule has 154 valence electrons. The van der Waals surface area contributed by atoms with Gasteiger partial charge in [0.2, 0.25) is 5.78 Å². The quantitative estimate of drug-likeness (QED) is 0.418. The molecule has 1 aromatic carbocycles. The molecule has 0 spiro atoms. The number of carbonyl (C=O) groups excluding carboxylic acids is 2. The Bertz CT molecular complexity index is 1040. The van der Waals surface area contributed by atoms with Crippen LogP contribution in [0.5, 0.6) is 0 Å². The number of fused-ring (bicyclic) bond motifs is 1. The minimum absolute atomic E-state index is 0.0627. The van der Waals surface area contributed by atoms with Gasteiger partial charge in [0.1, 0.15) is 5.58 Å². The standard InChI is InChI=1S/C23H27NO5/c1-14-6-7-19-18(12-28-22(19)8-14)10-23(26)29-13-21(25)20-9-15(2)24(17(20)4)16(3)11-27-5/h6-9,12,16H,10-11,13H2,1-5H3/t16-/m0/s1. The Labute approximate surface area is 170 Å². The first kappa shape index (κ1) is 20.9. The van der Waals surface area contributed by atoms with E-state index in [2.05, 4.69) is 4.57 Å². The van der Waals surface area contributed by atoms with Crippen LogP contribution in [0.2, 0.25) is 0 Å². The van der Waals surface area contributed by atoms with E-state index >= 15 is 0 Å². The van der Waals surface area contributed by atoms with Crippen molar-refractivity contribution in [2.45, 2.75) is 40.2 Å². The lowest BCUT2D eigenvalue weighted by molar-refractivity contribution is -0.141. The Balaban J connectivity index is 1.64. The molecule has 0 radical (unpaired) electrons. The van der Waals surface area contributed by atoms with Crippen LogP contribution in [-0.4, -0.2) is 36.6 Å². The lowest BCUT2D eigenvalue weighted by Crippen LogP contribution is -2.17. The number of rotatable bonds is 8. The maximum atomic E-state index is 12.6. The summed E-state index contributed by atoms with van der Waals surface area (Å²) in [7, 11) is 1.65. The molecule has 6 heteroatoms. The molecule has 0 saturated carbocycles. The number of nitrogens with zero attached hydrogens (tertiary/aromatic N) is 1. The molecule has 2 aromatic heterocycles. The molecule has 1 atom stereocenters. The molecule has 29 heavy (non-hydrogen) atoms. The second-order valence-electron chi connectivity index (χ2n) is 7.48. The van der Waals surface area contributed by atoms with Crippen LogP contribution in [0, 0.1) is 20.8 Å². The second kappa shape index (κ2) is 8.66. The Morgan fingerprint density at radius 1 is 1.17 bits per heavy atom. The van der Waals surface area contributed by atoms with Crippen LogP contribution in [0.25, 0.3) is 11.0 Å². The fourth-order valence-corrected chi connectivity index (χ4v) is 3.81. The zero-order valence-corrected chi connectivity index (χ0v) is 17.6. The highest BCUT2D eigenvalue weighted by molar-refractivity contribution is 5.99. The number of ether oxygens (including phenoxy) is 2. The molecule has 0 amide bonds. The first-order valence-electron chi connectivity index (χ1n) is 9.64. The van der Waals surface area contributed by atoms with E-state index in [-0.39, 0.29) is 24.9 Å². The normalized spacial score (nSPS) is 12.3.